The molecule has 1 saturated heterocycles. The fourth-order valence-electron chi connectivity index (χ4n) is 7.54. The summed E-state index contributed by atoms with van der Waals surface area (Å²) in [6.45, 7) is 8.18. The van der Waals surface area contributed by atoms with Gasteiger partial charge in [0.25, 0.3) is 0 Å². The smallest absolute Gasteiger partial charge is 0.326 e. The van der Waals surface area contributed by atoms with Crippen molar-refractivity contribution in [3.05, 3.63) is 0 Å². The number of nitrogens with one attached hydrogen (secondary N) is 7. The second-order valence-corrected chi connectivity index (χ2v) is 18.4. The Morgan fingerprint density at radius 1 is 0.634 bits per heavy atom. The molecule has 1 aliphatic rings. The number of aliphatic carboxylic acids is 1. The van der Waals surface area contributed by atoms with Crippen molar-refractivity contribution in [2.45, 2.75) is 166 Å². The molecule has 9 atom stereocenters. The number of nitrogens with zero attached hydrogens (tertiary/aromatic N) is 2. The van der Waals surface area contributed by atoms with Gasteiger partial charge in [0.15, 0.2) is 5.96 Å². The summed E-state index contributed by atoms with van der Waals surface area (Å²) in [6.07, 6.45) is 2.11. The lowest BCUT2D eigenvalue weighted by molar-refractivity contribution is -0.143. The number of carbonyl (C=O) groups is 10. The number of aliphatic hydroxyl groups excluding tert-OH is 1. The molecule has 1 fully saturated rings. The molecule has 0 aromatic rings. The van der Waals surface area contributed by atoms with E-state index in [-0.39, 0.29) is 70.0 Å². The summed E-state index contributed by atoms with van der Waals surface area (Å²) >= 11 is 0. The van der Waals surface area contributed by atoms with Gasteiger partial charge in [-0.15, -0.1) is 0 Å². The number of carbonyl (C=O) groups excluding carboxylic acids is 9. The van der Waals surface area contributed by atoms with Crippen molar-refractivity contribution in [1.82, 2.24) is 42.1 Å². The summed E-state index contributed by atoms with van der Waals surface area (Å²) in [5, 5.41) is 37.0. The fourth-order valence-corrected chi connectivity index (χ4v) is 7.54. The van der Waals surface area contributed by atoms with Crippen molar-refractivity contribution in [3.8, 4) is 0 Å². The number of hydrogen-bond acceptors (Lipinski definition) is 15. The summed E-state index contributed by atoms with van der Waals surface area (Å²) in [7, 11) is 0. The van der Waals surface area contributed by atoms with Crippen LogP contribution < -0.4 is 71.6 Å². The summed E-state index contributed by atoms with van der Waals surface area (Å²) in [5.74, 6) is -9.51. The van der Waals surface area contributed by atoms with Gasteiger partial charge in [0.1, 0.15) is 48.3 Å². The van der Waals surface area contributed by atoms with Gasteiger partial charge in [-0.1, -0.05) is 27.7 Å². The van der Waals surface area contributed by atoms with Gasteiger partial charge in [-0.25, -0.2) is 4.79 Å². The molecule has 0 spiro atoms. The Balaban J connectivity index is 3.21. The lowest BCUT2D eigenvalue weighted by Gasteiger charge is -2.30. The lowest BCUT2D eigenvalue weighted by atomic mass is 10.0. The normalized spacial score (nSPS) is 16.7. The van der Waals surface area contributed by atoms with Crippen LogP contribution >= 0.6 is 0 Å². The highest BCUT2D eigenvalue weighted by Gasteiger charge is 2.40. The summed E-state index contributed by atoms with van der Waals surface area (Å²) < 4.78 is 0. The van der Waals surface area contributed by atoms with Gasteiger partial charge in [0.05, 0.1) is 19.1 Å². The standard InChI is InChI=1S/C44H81N15O12/c1-23(2)20-30(43(70)71)56-39(66)31(22-60)57-37(64)28(14-7-9-17-46)53-38(65)29(21-33(48)61)55-40(67)32-15-11-19-59(32)42(69)25(5)52-36(63)27(13-6-8-16-45)54-41(68)34(24(3)4)58-35(62)26(47)12-10-18-51-44(49)50/h23-32,34,60H,6-22,45-47H2,1-5H3,(H2,48,61)(H,52,63)(H,53,65)(H,54,68)(H,55,67)(H,56,66)(H,57,64)(H,58,62)(H,70,71)(H4,49,50,51). The maximum atomic E-state index is 13.9. The maximum absolute atomic E-state index is 13.9. The number of carboxylic acids is 1. The third-order valence-corrected chi connectivity index (χ3v) is 11.5. The van der Waals surface area contributed by atoms with Crippen LogP contribution in [0.25, 0.3) is 0 Å². The predicted octanol–water partition coefficient (Wildman–Crippen LogP) is -5.32. The molecule has 1 heterocycles. The number of guanidine groups is 1. The molecule has 1 rings (SSSR count). The van der Waals surface area contributed by atoms with Gasteiger partial charge in [0, 0.05) is 13.1 Å². The average Bonchev–Trinajstić information content (AvgIpc) is 3.79. The highest BCUT2D eigenvalue weighted by molar-refractivity contribution is 5.99. The van der Waals surface area contributed by atoms with Gasteiger partial charge in [-0.2, -0.15) is 0 Å². The molecule has 9 amide bonds. The number of nitrogens with two attached hydrogens (primary N) is 6. The molecule has 27 heteroatoms. The van der Waals surface area contributed by atoms with Gasteiger partial charge >= 0.3 is 5.97 Å². The number of amides is 9. The Morgan fingerprint density at radius 3 is 1.66 bits per heavy atom. The van der Waals surface area contributed by atoms with E-state index in [0.717, 1.165) is 0 Å². The van der Waals surface area contributed by atoms with Crippen LogP contribution in [0.15, 0.2) is 4.99 Å². The Morgan fingerprint density at radius 2 is 1.15 bits per heavy atom. The molecular weight excluding hydrogens is 931 g/mol. The first-order chi connectivity index (χ1) is 33.4. The number of unbranched alkanes of at least 4 members (excludes halogenated alkanes) is 2. The van der Waals surface area contributed by atoms with Crippen LogP contribution in [0.2, 0.25) is 0 Å². The van der Waals surface area contributed by atoms with E-state index < -0.39 is 132 Å². The van der Waals surface area contributed by atoms with E-state index in [1.165, 1.54) is 11.8 Å². The molecule has 71 heavy (non-hydrogen) atoms. The third kappa shape index (κ3) is 23.1. The minimum atomic E-state index is -1.66. The van der Waals surface area contributed by atoms with Crippen molar-refractivity contribution >= 4 is 65.1 Å². The molecule has 1 aliphatic heterocycles. The molecule has 0 bridgehead atoms. The molecule has 21 N–H and O–H groups in total. The SMILES string of the molecule is CC(C)CC(NC(=O)C(CO)NC(=O)C(CCCCN)NC(=O)C(CC(N)=O)NC(=O)C1CCCN1C(=O)C(C)NC(=O)C(CCCCN)NC(=O)C(NC(=O)C(N)CCCN=C(N)N)C(C)C)C(=O)O. The van der Waals surface area contributed by atoms with Crippen LogP contribution in [0.5, 0.6) is 0 Å². The van der Waals surface area contributed by atoms with Gasteiger partial charge < -0.3 is 86.7 Å². The molecular formula is C44H81N15O12. The average molecular weight is 1010 g/mol. The van der Waals surface area contributed by atoms with E-state index in [0.29, 0.717) is 38.6 Å². The topological polar surface area (TPSA) is 467 Å². The highest BCUT2D eigenvalue weighted by atomic mass is 16.4. The second-order valence-electron chi connectivity index (χ2n) is 18.4. The van der Waals surface area contributed by atoms with Crippen molar-refractivity contribution < 1.29 is 58.2 Å². The molecule has 0 aliphatic carbocycles. The minimum absolute atomic E-state index is 0.0455. The van der Waals surface area contributed by atoms with E-state index in [1.54, 1.807) is 27.7 Å². The number of carboxylic acid groups (broad SMARTS) is 1. The zero-order valence-electron chi connectivity index (χ0n) is 41.7. The van der Waals surface area contributed by atoms with Crippen molar-refractivity contribution in [2.75, 3.05) is 32.8 Å². The maximum Gasteiger partial charge on any atom is 0.326 e. The number of aliphatic imine (C=N–C) groups is 1. The Kier molecular flexibility index (Phi) is 28.9. The van der Waals surface area contributed by atoms with Crippen molar-refractivity contribution in [1.29, 1.82) is 0 Å². The number of aliphatic hydroxyl groups is 1. The monoisotopic (exact) mass is 1010 g/mol. The van der Waals surface area contributed by atoms with Crippen molar-refractivity contribution in [3.63, 3.8) is 0 Å². The van der Waals surface area contributed by atoms with E-state index >= 15 is 0 Å². The number of rotatable bonds is 34. The quantitative estimate of drug-likeness (QED) is 0.0163. The van der Waals surface area contributed by atoms with Crippen LogP contribution in [0, 0.1) is 11.8 Å². The number of primary amides is 1. The van der Waals surface area contributed by atoms with Crippen LogP contribution in [-0.4, -0.2) is 167 Å². The van der Waals surface area contributed by atoms with E-state index in [9.17, 15) is 58.2 Å². The molecule has 0 aromatic heterocycles. The molecule has 9 unspecified atom stereocenters. The molecule has 404 valence electrons. The second kappa shape index (κ2) is 32.6. The summed E-state index contributed by atoms with van der Waals surface area (Å²) in [4.78, 5) is 137. The summed E-state index contributed by atoms with van der Waals surface area (Å²) in [5.41, 5.74) is 33.5. The summed E-state index contributed by atoms with van der Waals surface area (Å²) in [6, 6.07) is -11.7. The Hall–Kier alpha value is -6.19. The van der Waals surface area contributed by atoms with E-state index in [1.807, 2.05) is 0 Å². The lowest BCUT2D eigenvalue weighted by Crippen LogP contribution is -2.60. The molecule has 0 radical (unpaired) electrons. The minimum Gasteiger partial charge on any atom is -0.480 e. The van der Waals surface area contributed by atoms with Crippen LogP contribution in [-0.2, 0) is 47.9 Å². The van der Waals surface area contributed by atoms with Gasteiger partial charge in [-0.3, -0.25) is 48.1 Å². The molecule has 0 aromatic carbocycles. The number of likely N-dealkylation sites (tertiary alicyclic amines) is 1. The van der Waals surface area contributed by atoms with Gasteiger partial charge in [-0.05, 0) is 102 Å². The van der Waals surface area contributed by atoms with Gasteiger partial charge in [0.2, 0.25) is 53.2 Å². The third-order valence-electron chi connectivity index (χ3n) is 11.5. The highest BCUT2D eigenvalue weighted by Crippen LogP contribution is 2.20. The molecule has 27 nitrogen and oxygen atoms in total. The Bertz CT molecular complexity index is 1830. The zero-order valence-corrected chi connectivity index (χ0v) is 41.7. The Labute approximate surface area is 414 Å². The fraction of sp³-hybridized carbons (Fsp3) is 0.750. The first-order valence-corrected chi connectivity index (χ1v) is 24.1. The van der Waals surface area contributed by atoms with E-state index in [2.05, 4.69) is 42.2 Å². The predicted molar refractivity (Wildman–Crippen MR) is 260 cm³/mol. The van der Waals surface area contributed by atoms with Crippen LogP contribution in [0.3, 0.4) is 0 Å². The first-order valence-electron chi connectivity index (χ1n) is 24.1. The first kappa shape index (κ1) is 62.8. The van der Waals surface area contributed by atoms with Crippen LogP contribution in [0.1, 0.15) is 112 Å². The molecule has 0 saturated carbocycles. The largest absolute Gasteiger partial charge is 0.480 e. The number of hydrogen-bond donors (Lipinski definition) is 15. The van der Waals surface area contributed by atoms with Crippen LogP contribution in [0.4, 0.5) is 0 Å². The van der Waals surface area contributed by atoms with E-state index in [4.69, 9.17) is 34.4 Å². The van der Waals surface area contributed by atoms with Crippen molar-refractivity contribution in [2.24, 2.45) is 51.2 Å². The zero-order chi connectivity index (χ0) is 54.0.